The smallest absolute Gasteiger partial charge is 0.292 e. The second-order valence-corrected chi connectivity index (χ2v) is 6.96. The Balaban J connectivity index is 1.40. The Morgan fingerprint density at radius 1 is 1.36 bits per heavy atom. The van der Waals surface area contributed by atoms with Crippen molar-refractivity contribution in [2.24, 2.45) is 0 Å². The molecule has 2 aliphatic heterocycles. The van der Waals surface area contributed by atoms with Crippen LogP contribution in [0, 0.1) is 6.92 Å². The third-order valence-corrected chi connectivity index (χ3v) is 5.28. The average molecular weight is 341 g/mol. The monoisotopic (exact) mass is 341 g/mol. The average Bonchev–Trinajstić information content (AvgIpc) is 3.21. The summed E-state index contributed by atoms with van der Waals surface area (Å²) in [5.41, 5.74) is 2.04. The molecule has 0 saturated carbocycles. The predicted molar refractivity (Wildman–Crippen MR) is 94.7 cm³/mol. The van der Waals surface area contributed by atoms with Gasteiger partial charge in [0.25, 0.3) is 11.7 Å². The zero-order valence-corrected chi connectivity index (χ0v) is 14.4. The molecule has 3 heterocycles. The molecule has 6 nitrogen and oxygen atoms in total. The standard InChI is InChI=1S/C19H23N3O3/c1-12-17(15-6-2-3-7-16(15)21-12)18(23)19(24)20-9-14-10-22-8-4-5-13(22)11-25-14/h2-3,6-7,13-14,21H,4-5,8-11H2,1H3,(H,20,24)/t13-,14-/m0/s1. The molecule has 0 radical (unpaired) electrons. The number of fused-ring (bicyclic) bond motifs is 2. The zero-order valence-electron chi connectivity index (χ0n) is 14.4. The summed E-state index contributed by atoms with van der Waals surface area (Å²) in [4.78, 5) is 30.6. The molecule has 25 heavy (non-hydrogen) atoms. The van der Waals surface area contributed by atoms with Gasteiger partial charge in [-0.15, -0.1) is 0 Å². The normalized spacial score (nSPS) is 23.6. The number of aryl methyl sites for hydroxylation is 1. The minimum Gasteiger partial charge on any atom is -0.373 e. The van der Waals surface area contributed by atoms with Gasteiger partial charge in [0.05, 0.1) is 18.3 Å². The number of aromatic nitrogens is 1. The van der Waals surface area contributed by atoms with Gasteiger partial charge in [-0.3, -0.25) is 14.5 Å². The van der Waals surface area contributed by atoms with E-state index >= 15 is 0 Å². The van der Waals surface area contributed by atoms with Crippen LogP contribution in [0.15, 0.2) is 24.3 Å². The summed E-state index contributed by atoms with van der Waals surface area (Å²) in [6.45, 7) is 4.83. The Bertz CT molecular complexity index is 813. The molecule has 6 heteroatoms. The third kappa shape index (κ3) is 3.07. The largest absolute Gasteiger partial charge is 0.373 e. The fourth-order valence-electron chi connectivity index (χ4n) is 3.98. The summed E-state index contributed by atoms with van der Waals surface area (Å²) >= 11 is 0. The Labute approximate surface area is 146 Å². The van der Waals surface area contributed by atoms with E-state index in [1.165, 1.54) is 12.8 Å². The second-order valence-electron chi connectivity index (χ2n) is 6.96. The summed E-state index contributed by atoms with van der Waals surface area (Å²) < 4.78 is 5.83. The van der Waals surface area contributed by atoms with Crippen LogP contribution in [0.1, 0.15) is 28.9 Å². The molecule has 0 bridgehead atoms. The van der Waals surface area contributed by atoms with Crippen LogP contribution < -0.4 is 5.32 Å². The molecule has 2 fully saturated rings. The number of carbonyl (C=O) groups excluding carboxylic acids is 2. The van der Waals surface area contributed by atoms with Crippen molar-refractivity contribution in [1.82, 2.24) is 15.2 Å². The van der Waals surface area contributed by atoms with Gasteiger partial charge in [0.1, 0.15) is 0 Å². The van der Waals surface area contributed by atoms with Gasteiger partial charge >= 0.3 is 0 Å². The number of morpholine rings is 1. The number of carbonyl (C=O) groups is 2. The molecule has 0 spiro atoms. The number of rotatable bonds is 4. The third-order valence-electron chi connectivity index (χ3n) is 5.28. The maximum atomic E-state index is 12.6. The molecule has 2 N–H and O–H groups in total. The SMILES string of the molecule is Cc1[nH]c2ccccc2c1C(=O)C(=O)NC[C@H]1CN2CCC[C@H]2CO1. The highest BCUT2D eigenvalue weighted by molar-refractivity contribution is 6.45. The highest BCUT2D eigenvalue weighted by Crippen LogP contribution is 2.23. The van der Waals surface area contributed by atoms with Crippen LogP contribution in [0.3, 0.4) is 0 Å². The van der Waals surface area contributed by atoms with Gasteiger partial charge in [-0.2, -0.15) is 0 Å². The number of hydrogen-bond acceptors (Lipinski definition) is 4. The van der Waals surface area contributed by atoms with E-state index in [-0.39, 0.29) is 6.10 Å². The Kier molecular flexibility index (Phi) is 4.31. The lowest BCUT2D eigenvalue weighted by Crippen LogP contribution is -2.50. The van der Waals surface area contributed by atoms with Crippen molar-refractivity contribution >= 4 is 22.6 Å². The number of para-hydroxylation sites is 1. The first-order valence-corrected chi connectivity index (χ1v) is 8.89. The van der Waals surface area contributed by atoms with Gasteiger partial charge in [-0.05, 0) is 32.4 Å². The zero-order chi connectivity index (χ0) is 17.4. The summed E-state index contributed by atoms with van der Waals surface area (Å²) in [6.07, 6.45) is 2.36. The second kappa shape index (κ2) is 6.61. The Hall–Kier alpha value is -2.18. The molecule has 4 rings (SSSR count). The van der Waals surface area contributed by atoms with E-state index in [1.807, 2.05) is 31.2 Å². The first-order valence-electron chi connectivity index (χ1n) is 8.89. The van der Waals surface area contributed by atoms with E-state index in [0.29, 0.717) is 18.2 Å². The number of nitrogens with one attached hydrogen (secondary N) is 2. The van der Waals surface area contributed by atoms with Crippen LogP contribution in [0.2, 0.25) is 0 Å². The van der Waals surface area contributed by atoms with Gasteiger partial charge in [0.2, 0.25) is 0 Å². The van der Waals surface area contributed by atoms with E-state index < -0.39 is 11.7 Å². The summed E-state index contributed by atoms with van der Waals surface area (Å²) in [5.74, 6) is -1.06. The van der Waals surface area contributed by atoms with Crippen LogP contribution in [-0.2, 0) is 9.53 Å². The van der Waals surface area contributed by atoms with Crippen LogP contribution in [0.5, 0.6) is 0 Å². The van der Waals surface area contributed by atoms with Crippen molar-refractivity contribution in [2.75, 3.05) is 26.2 Å². The van der Waals surface area contributed by atoms with Crippen molar-refractivity contribution in [1.29, 1.82) is 0 Å². The van der Waals surface area contributed by atoms with E-state index in [2.05, 4.69) is 15.2 Å². The number of Topliss-reactive ketones (excluding diaryl/α,β-unsaturated/α-hetero) is 1. The lowest BCUT2D eigenvalue weighted by Gasteiger charge is -2.35. The van der Waals surface area contributed by atoms with Crippen molar-refractivity contribution in [3.63, 3.8) is 0 Å². The van der Waals surface area contributed by atoms with Crippen molar-refractivity contribution in [3.8, 4) is 0 Å². The lowest BCUT2D eigenvalue weighted by atomic mass is 10.1. The molecular formula is C19H23N3O3. The van der Waals surface area contributed by atoms with Crippen molar-refractivity contribution < 1.29 is 14.3 Å². The number of hydrogen-bond donors (Lipinski definition) is 2. The van der Waals surface area contributed by atoms with E-state index in [4.69, 9.17) is 4.74 Å². The fraction of sp³-hybridized carbons (Fsp3) is 0.474. The molecular weight excluding hydrogens is 318 g/mol. The molecule has 1 amide bonds. The number of amides is 1. The molecule has 1 aromatic heterocycles. The quantitative estimate of drug-likeness (QED) is 0.655. The van der Waals surface area contributed by atoms with Crippen LogP contribution in [0.25, 0.3) is 10.9 Å². The first-order chi connectivity index (χ1) is 12.1. The molecule has 2 atom stereocenters. The summed E-state index contributed by atoms with van der Waals surface area (Å²) in [5, 5.41) is 3.54. The number of H-pyrrole nitrogens is 1. The summed E-state index contributed by atoms with van der Waals surface area (Å²) in [7, 11) is 0. The molecule has 2 aromatic rings. The molecule has 1 aromatic carbocycles. The number of nitrogens with zero attached hydrogens (tertiary/aromatic N) is 1. The first kappa shape index (κ1) is 16.3. The maximum absolute atomic E-state index is 12.6. The van der Waals surface area contributed by atoms with Crippen LogP contribution >= 0.6 is 0 Å². The summed E-state index contributed by atoms with van der Waals surface area (Å²) in [6, 6.07) is 8.06. The van der Waals surface area contributed by atoms with Crippen LogP contribution in [-0.4, -0.2) is 60.0 Å². The maximum Gasteiger partial charge on any atom is 0.292 e. The van der Waals surface area contributed by atoms with E-state index in [1.54, 1.807) is 0 Å². The fourth-order valence-corrected chi connectivity index (χ4v) is 3.98. The number of ether oxygens (including phenoxy) is 1. The molecule has 132 valence electrons. The van der Waals surface area contributed by atoms with Gasteiger partial charge in [0, 0.05) is 35.7 Å². The van der Waals surface area contributed by atoms with E-state index in [9.17, 15) is 9.59 Å². The van der Waals surface area contributed by atoms with E-state index in [0.717, 1.165) is 36.3 Å². The molecule has 0 aliphatic carbocycles. The number of benzene rings is 1. The van der Waals surface area contributed by atoms with Crippen molar-refractivity contribution in [2.45, 2.75) is 31.9 Å². The van der Waals surface area contributed by atoms with Crippen molar-refractivity contribution in [3.05, 3.63) is 35.5 Å². The number of aromatic amines is 1. The molecule has 2 saturated heterocycles. The number of ketones is 1. The van der Waals surface area contributed by atoms with Gasteiger partial charge in [-0.25, -0.2) is 0 Å². The minimum absolute atomic E-state index is 0.0461. The Morgan fingerprint density at radius 3 is 3.08 bits per heavy atom. The lowest BCUT2D eigenvalue weighted by molar-refractivity contribution is -0.118. The van der Waals surface area contributed by atoms with Gasteiger partial charge < -0.3 is 15.0 Å². The highest BCUT2D eigenvalue weighted by atomic mass is 16.5. The molecule has 2 aliphatic rings. The van der Waals surface area contributed by atoms with Gasteiger partial charge in [-0.1, -0.05) is 18.2 Å². The topological polar surface area (TPSA) is 74.4 Å². The van der Waals surface area contributed by atoms with Crippen LogP contribution in [0.4, 0.5) is 0 Å². The van der Waals surface area contributed by atoms with Gasteiger partial charge in [0.15, 0.2) is 0 Å². The predicted octanol–water partition coefficient (Wildman–Crippen LogP) is 1.64. The molecule has 0 unspecified atom stereocenters. The Morgan fingerprint density at radius 2 is 2.20 bits per heavy atom. The minimum atomic E-state index is -0.569. The highest BCUT2D eigenvalue weighted by Gasteiger charge is 2.32.